The van der Waals surface area contributed by atoms with E-state index in [0.717, 1.165) is 18.1 Å². The Morgan fingerprint density at radius 2 is 1.88 bits per heavy atom. The Hall–Kier alpha value is -1.90. The first kappa shape index (κ1) is 10.6. The molecule has 16 heavy (non-hydrogen) atoms. The van der Waals surface area contributed by atoms with Gasteiger partial charge in [0.1, 0.15) is 5.82 Å². The molecule has 0 saturated heterocycles. The van der Waals surface area contributed by atoms with Gasteiger partial charge in [-0.3, -0.25) is 4.98 Å². The Morgan fingerprint density at radius 1 is 1.12 bits per heavy atom. The molecular formula is C13H15N3. The first-order valence-corrected chi connectivity index (χ1v) is 5.29. The van der Waals surface area contributed by atoms with Crippen LogP contribution in [0.2, 0.25) is 0 Å². The van der Waals surface area contributed by atoms with E-state index in [4.69, 9.17) is 0 Å². The summed E-state index contributed by atoms with van der Waals surface area (Å²) in [5.74, 6) is 0.997. The number of pyridine rings is 2. The summed E-state index contributed by atoms with van der Waals surface area (Å²) < 4.78 is 0. The topological polar surface area (TPSA) is 29.0 Å². The number of nitrogens with zero attached hydrogens (tertiary/aromatic N) is 3. The second-order valence-electron chi connectivity index (χ2n) is 3.85. The van der Waals surface area contributed by atoms with Crippen molar-refractivity contribution in [3.63, 3.8) is 0 Å². The molecule has 0 aliphatic carbocycles. The van der Waals surface area contributed by atoms with Crippen LogP contribution >= 0.6 is 0 Å². The summed E-state index contributed by atoms with van der Waals surface area (Å²) in [6.45, 7) is 2.85. The average molecular weight is 213 g/mol. The summed E-state index contributed by atoms with van der Waals surface area (Å²) >= 11 is 0. The van der Waals surface area contributed by atoms with Gasteiger partial charge in [-0.05, 0) is 36.8 Å². The largest absolute Gasteiger partial charge is 0.355 e. The normalized spacial score (nSPS) is 10.1. The maximum atomic E-state index is 4.48. The van der Waals surface area contributed by atoms with Crippen molar-refractivity contribution in [1.82, 2.24) is 9.97 Å². The van der Waals surface area contributed by atoms with E-state index in [0.29, 0.717) is 0 Å². The van der Waals surface area contributed by atoms with Gasteiger partial charge in [0.15, 0.2) is 0 Å². The number of hydrogen-bond acceptors (Lipinski definition) is 3. The van der Waals surface area contributed by atoms with E-state index in [2.05, 4.69) is 14.9 Å². The third-order valence-corrected chi connectivity index (χ3v) is 2.43. The van der Waals surface area contributed by atoms with Gasteiger partial charge >= 0.3 is 0 Å². The van der Waals surface area contributed by atoms with Gasteiger partial charge in [0.2, 0.25) is 0 Å². The Morgan fingerprint density at radius 3 is 2.56 bits per heavy atom. The van der Waals surface area contributed by atoms with Crippen molar-refractivity contribution in [1.29, 1.82) is 0 Å². The number of anilines is 1. The summed E-state index contributed by atoms with van der Waals surface area (Å²) in [7, 11) is 2.04. The zero-order valence-corrected chi connectivity index (χ0v) is 9.59. The summed E-state index contributed by atoms with van der Waals surface area (Å²) in [5, 5.41) is 0. The molecule has 0 amide bonds. The van der Waals surface area contributed by atoms with Gasteiger partial charge in [-0.1, -0.05) is 6.07 Å². The molecule has 2 heterocycles. The number of aryl methyl sites for hydroxylation is 1. The standard InChI is InChI=1S/C13H15N3/c1-11-4-3-5-13(15-11)16(2)10-12-6-8-14-9-7-12/h3-9H,10H2,1-2H3. The van der Waals surface area contributed by atoms with Crippen LogP contribution in [0.15, 0.2) is 42.7 Å². The molecule has 0 atom stereocenters. The maximum absolute atomic E-state index is 4.48. The Balaban J connectivity index is 2.12. The molecule has 0 aliphatic heterocycles. The SMILES string of the molecule is Cc1cccc(N(C)Cc2ccncc2)n1. The smallest absolute Gasteiger partial charge is 0.128 e. The fourth-order valence-electron chi connectivity index (χ4n) is 1.58. The van der Waals surface area contributed by atoms with Gasteiger partial charge < -0.3 is 4.90 Å². The minimum Gasteiger partial charge on any atom is -0.355 e. The summed E-state index contributed by atoms with van der Waals surface area (Å²) in [6.07, 6.45) is 3.62. The van der Waals surface area contributed by atoms with E-state index in [1.807, 2.05) is 56.7 Å². The molecule has 0 fully saturated rings. The van der Waals surface area contributed by atoms with Crippen molar-refractivity contribution >= 4 is 5.82 Å². The summed E-state index contributed by atoms with van der Waals surface area (Å²) in [4.78, 5) is 10.6. The molecule has 82 valence electrons. The fourth-order valence-corrected chi connectivity index (χ4v) is 1.58. The lowest BCUT2D eigenvalue weighted by molar-refractivity contribution is 0.890. The second-order valence-corrected chi connectivity index (χ2v) is 3.85. The molecule has 2 rings (SSSR count). The van der Waals surface area contributed by atoms with Gasteiger partial charge in [0.05, 0.1) is 0 Å². The van der Waals surface area contributed by atoms with Crippen molar-refractivity contribution in [2.24, 2.45) is 0 Å². The van der Waals surface area contributed by atoms with Crippen LogP contribution in [-0.2, 0) is 6.54 Å². The molecule has 2 aromatic rings. The van der Waals surface area contributed by atoms with Crippen LogP contribution in [0.3, 0.4) is 0 Å². The third kappa shape index (κ3) is 2.57. The monoisotopic (exact) mass is 213 g/mol. The van der Waals surface area contributed by atoms with Gasteiger partial charge in [-0.2, -0.15) is 0 Å². The van der Waals surface area contributed by atoms with E-state index in [-0.39, 0.29) is 0 Å². The molecule has 0 radical (unpaired) electrons. The lowest BCUT2D eigenvalue weighted by Gasteiger charge is -2.18. The van der Waals surface area contributed by atoms with Crippen molar-refractivity contribution in [3.8, 4) is 0 Å². The van der Waals surface area contributed by atoms with Crippen molar-refractivity contribution < 1.29 is 0 Å². The predicted molar refractivity (Wildman–Crippen MR) is 65.3 cm³/mol. The Labute approximate surface area is 95.8 Å². The molecule has 0 aliphatic rings. The molecule has 0 unspecified atom stereocenters. The van der Waals surface area contributed by atoms with Crippen LogP contribution in [0.1, 0.15) is 11.3 Å². The minimum atomic E-state index is 0.846. The second kappa shape index (κ2) is 4.75. The molecular weight excluding hydrogens is 198 g/mol. The van der Waals surface area contributed by atoms with Crippen LogP contribution in [0.25, 0.3) is 0 Å². The average Bonchev–Trinajstić information content (AvgIpc) is 2.30. The van der Waals surface area contributed by atoms with E-state index in [1.54, 1.807) is 0 Å². The molecule has 0 saturated carbocycles. The van der Waals surface area contributed by atoms with Crippen LogP contribution < -0.4 is 4.90 Å². The van der Waals surface area contributed by atoms with Crippen LogP contribution in [0.4, 0.5) is 5.82 Å². The van der Waals surface area contributed by atoms with E-state index < -0.39 is 0 Å². The third-order valence-electron chi connectivity index (χ3n) is 2.43. The highest BCUT2D eigenvalue weighted by molar-refractivity contribution is 5.39. The van der Waals surface area contributed by atoms with Crippen molar-refractivity contribution in [3.05, 3.63) is 54.0 Å². The lowest BCUT2D eigenvalue weighted by Crippen LogP contribution is -2.17. The van der Waals surface area contributed by atoms with Crippen LogP contribution in [0.5, 0.6) is 0 Å². The summed E-state index contributed by atoms with van der Waals surface area (Å²) in [5.41, 5.74) is 2.28. The number of hydrogen-bond donors (Lipinski definition) is 0. The molecule has 0 bridgehead atoms. The minimum absolute atomic E-state index is 0.846. The van der Waals surface area contributed by atoms with E-state index >= 15 is 0 Å². The number of aromatic nitrogens is 2. The molecule has 3 heteroatoms. The summed E-state index contributed by atoms with van der Waals surface area (Å²) in [6, 6.07) is 10.1. The fraction of sp³-hybridized carbons (Fsp3) is 0.231. The zero-order chi connectivity index (χ0) is 11.4. The predicted octanol–water partition coefficient (Wildman–Crippen LogP) is 2.42. The molecule has 0 spiro atoms. The first-order chi connectivity index (χ1) is 7.75. The quantitative estimate of drug-likeness (QED) is 0.784. The van der Waals surface area contributed by atoms with Gasteiger partial charge in [-0.25, -0.2) is 4.98 Å². The van der Waals surface area contributed by atoms with Gasteiger partial charge in [0, 0.05) is 31.7 Å². The van der Waals surface area contributed by atoms with Crippen molar-refractivity contribution in [2.75, 3.05) is 11.9 Å². The van der Waals surface area contributed by atoms with Crippen LogP contribution in [0, 0.1) is 6.92 Å². The molecule has 2 aromatic heterocycles. The maximum Gasteiger partial charge on any atom is 0.128 e. The highest BCUT2D eigenvalue weighted by Crippen LogP contribution is 2.12. The Bertz CT molecular complexity index is 454. The number of rotatable bonds is 3. The van der Waals surface area contributed by atoms with Crippen molar-refractivity contribution in [2.45, 2.75) is 13.5 Å². The van der Waals surface area contributed by atoms with Gasteiger partial charge in [-0.15, -0.1) is 0 Å². The molecule has 0 aromatic carbocycles. The van der Waals surface area contributed by atoms with Crippen LogP contribution in [-0.4, -0.2) is 17.0 Å². The van der Waals surface area contributed by atoms with E-state index in [1.165, 1.54) is 5.56 Å². The Kier molecular flexibility index (Phi) is 3.15. The molecule has 0 N–H and O–H groups in total. The molecule has 3 nitrogen and oxygen atoms in total. The van der Waals surface area contributed by atoms with E-state index in [9.17, 15) is 0 Å². The highest BCUT2D eigenvalue weighted by atomic mass is 15.2. The highest BCUT2D eigenvalue weighted by Gasteiger charge is 2.02. The van der Waals surface area contributed by atoms with Gasteiger partial charge in [0.25, 0.3) is 0 Å². The first-order valence-electron chi connectivity index (χ1n) is 5.29. The zero-order valence-electron chi connectivity index (χ0n) is 9.59. The lowest BCUT2D eigenvalue weighted by atomic mass is 10.2.